The van der Waals surface area contributed by atoms with Crippen molar-refractivity contribution >= 4 is 41.3 Å². The van der Waals surface area contributed by atoms with Crippen LogP contribution in [0.2, 0.25) is 0 Å². The van der Waals surface area contributed by atoms with Crippen LogP contribution < -0.4 is 27.0 Å². The zero-order valence-corrected chi connectivity index (χ0v) is 22.9. The van der Waals surface area contributed by atoms with E-state index < -0.39 is 35.2 Å². The number of anilines is 1. The van der Waals surface area contributed by atoms with Gasteiger partial charge >= 0.3 is 6.03 Å². The minimum atomic E-state index is -1.27. The molecule has 1 atom stereocenters. The fourth-order valence-corrected chi connectivity index (χ4v) is 4.69. The van der Waals surface area contributed by atoms with Gasteiger partial charge in [0, 0.05) is 37.5 Å². The van der Waals surface area contributed by atoms with E-state index >= 15 is 0 Å². The van der Waals surface area contributed by atoms with Gasteiger partial charge in [-0.1, -0.05) is 18.6 Å². The van der Waals surface area contributed by atoms with Gasteiger partial charge in [-0.25, -0.2) is 4.79 Å². The number of rotatable bonds is 16. The average Bonchev–Trinajstić information content (AvgIpc) is 3.24. The summed E-state index contributed by atoms with van der Waals surface area (Å²) in [4.78, 5) is 75.0. The van der Waals surface area contributed by atoms with E-state index in [-0.39, 0.29) is 31.4 Å². The van der Waals surface area contributed by atoms with Gasteiger partial charge < -0.3 is 32.1 Å². The molecule has 0 spiro atoms. The van der Waals surface area contributed by atoms with Crippen molar-refractivity contribution in [2.45, 2.75) is 64.0 Å². The SMILES string of the molecule is NC(=O)NCCC[C@H](NC(=O)C1(C(=O)NCCCCCN2C(=O)C=CC2=O)CCC1)C(=O)Nc1ccc(CO)cc1. The summed E-state index contributed by atoms with van der Waals surface area (Å²) in [6, 6.07) is 4.93. The lowest BCUT2D eigenvalue weighted by Crippen LogP contribution is -2.58. The molecule has 0 bridgehead atoms. The maximum atomic E-state index is 13.4. The van der Waals surface area contributed by atoms with Gasteiger partial charge in [-0.15, -0.1) is 0 Å². The quantitative estimate of drug-likeness (QED) is 0.0940. The summed E-state index contributed by atoms with van der Waals surface area (Å²) in [5, 5.41) is 20.0. The number of benzene rings is 1. The van der Waals surface area contributed by atoms with Crippen molar-refractivity contribution in [3.63, 3.8) is 0 Å². The first-order chi connectivity index (χ1) is 19.7. The number of carbonyl (C=O) groups excluding carboxylic acids is 6. The topological polar surface area (TPSA) is 200 Å². The molecule has 2 aliphatic rings. The molecule has 13 nitrogen and oxygen atoms in total. The van der Waals surface area contributed by atoms with Crippen LogP contribution in [0.3, 0.4) is 0 Å². The first-order valence-electron chi connectivity index (χ1n) is 13.8. The molecule has 1 saturated carbocycles. The third-order valence-corrected chi connectivity index (χ3v) is 7.32. The molecule has 1 aromatic rings. The minimum Gasteiger partial charge on any atom is -0.392 e. The molecule has 222 valence electrons. The predicted octanol–water partition coefficient (Wildman–Crippen LogP) is 0.433. The summed E-state index contributed by atoms with van der Waals surface area (Å²) >= 11 is 0. The van der Waals surface area contributed by atoms with E-state index in [9.17, 15) is 33.9 Å². The molecule has 0 radical (unpaired) electrons. The summed E-state index contributed by atoms with van der Waals surface area (Å²) in [6.45, 7) is 0.722. The number of carbonyl (C=O) groups is 6. The number of nitrogens with one attached hydrogen (secondary N) is 4. The van der Waals surface area contributed by atoms with Crippen molar-refractivity contribution in [1.29, 1.82) is 0 Å². The Kier molecular flexibility index (Phi) is 11.4. The zero-order chi connectivity index (χ0) is 29.8. The number of primary amides is 1. The van der Waals surface area contributed by atoms with Crippen LogP contribution in [-0.2, 0) is 30.6 Å². The third-order valence-electron chi connectivity index (χ3n) is 7.32. The van der Waals surface area contributed by atoms with Crippen LogP contribution in [0, 0.1) is 5.41 Å². The molecule has 1 heterocycles. The predicted molar refractivity (Wildman–Crippen MR) is 149 cm³/mol. The molecule has 7 N–H and O–H groups in total. The Morgan fingerprint density at radius 3 is 2.15 bits per heavy atom. The largest absolute Gasteiger partial charge is 0.392 e. The standard InChI is InChI=1S/C28H38N6O7/c29-27(41)31-16-4-6-21(24(38)32-20-9-7-19(18-35)8-10-20)33-26(40)28(13-5-14-28)25(39)30-15-2-1-3-17-34-22(36)11-12-23(34)37/h7-12,21,35H,1-6,13-18H2,(H,30,39)(H,32,38)(H,33,40)(H3,29,31,41)/t21-/m0/s1. The average molecular weight is 571 g/mol. The third kappa shape index (κ3) is 8.61. The van der Waals surface area contributed by atoms with Gasteiger partial charge in [-0.2, -0.15) is 0 Å². The molecule has 0 aromatic heterocycles. The maximum absolute atomic E-state index is 13.4. The second-order valence-electron chi connectivity index (χ2n) is 10.2. The Bertz CT molecular complexity index is 1140. The number of amides is 7. The molecule has 1 aliphatic carbocycles. The van der Waals surface area contributed by atoms with Crippen LogP contribution in [0.1, 0.15) is 56.9 Å². The number of imide groups is 1. The summed E-state index contributed by atoms with van der Waals surface area (Å²) in [5.41, 5.74) is 4.99. The van der Waals surface area contributed by atoms with E-state index in [1.165, 1.54) is 17.1 Å². The fourth-order valence-electron chi connectivity index (χ4n) is 4.69. The highest BCUT2D eigenvalue weighted by molar-refractivity contribution is 6.12. The molecule has 1 fully saturated rings. The Hall–Kier alpha value is -4.26. The Morgan fingerprint density at radius 1 is 0.902 bits per heavy atom. The van der Waals surface area contributed by atoms with Gasteiger partial charge in [-0.05, 0) is 62.6 Å². The first kappa shape index (κ1) is 31.3. The number of unbranched alkanes of at least 4 members (excludes halogenated alkanes) is 2. The van der Waals surface area contributed by atoms with Gasteiger partial charge in [0.05, 0.1) is 6.61 Å². The molecule has 1 aromatic carbocycles. The van der Waals surface area contributed by atoms with E-state index in [2.05, 4.69) is 21.3 Å². The second kappa shape index (κ2) is 14.9. The number of aliphatic hydroxyl groups is 1. The summed E-state index contributed by atoms with van der Waals surface area (Å²) in [6.07, 6.45) is 6.34. The Morgan fingerprint density at radius 2 is 1.56 bits per heavy atom. The number of urea groups is 1. The first-order valence-corrected chi connectivity index (χ1v) is 13.8. The fraction of sp³-hybridized carbons (Fsp3) is 0.500. The number of aliphatic hydroxyl groups excluding tert-OH is 1. The zero-order valence-electron chi connectivity index (χ0n) is 22.9. The highest BCUT2D eigenvalue weighted by Crippen LogP contribution is 2.41. The minimum absolute atomic E-state index is 0.137. The van der Waals surface area contributed by atoms with Gasteiger partial charge in [0.1, 0.15) is 11.5 Å². The van der Waals surface area contributed by atoms with Crippen LogP contribution in [-0.4, -0.2) is 71.2 Å². The highest BCUT2D eigenvalue weighted by atomic mass is 16.3. The number of hydrogen-bond donors (Lipinski definition) is 6. The molecule has 1 aliphatic heterocycles. The van der Waals surface area contributed by atoms with Crippen molar-refractivity contribution in [1.82, 2.24) is 20.9 Å². The molecule has 3 rings (SSSR count). The molecule has 0 saturated heterocycles. The van der Waals surface area contributed by atoms with Crippen molar-refractivity contribution in [3.8, 4) is 0 Å². The molecular formula is C28H38N6O7. The number of nitrogens with two attached hydrogens (primary N) is 1. The van der Waals surface area contributed by atoms with Gasteiger partial charge in [-0.3, -0.25) is 28.9 Å². The van der Waals surface area contributed by atoms with Crippen molar-refractivity contribution < 1.29 is 33.9 Å². The smallest absolute Gasteiger partial charge is 0.312 e. The molecule has 7 amide bonds. The second-order valence-corrected chi connectivity index (χ2v) is 10.2. The normalized spacial score (nSPS) is 16.1. The van der Waals surface area contributed by atoms with Gasteiger partial charge in [0.2, 0.25) is 17.7 Å². The van der Waals surface area contributed by atoms with Crippen LogP contribution >= 0.6 is 0 Å². The monoisotopic (exact) mass is 570 g/mol. The van der Waals surface area contributed by atoms with Gasteiger partial charge in [0.15, 0.2) is 0 Å². The maximum Gasteiger partial charge on any atom is 0.312 e. The lowest BCUT2D eigenvalue weighted by Gasteiger charge is -2.39. The van der Waals surface area contributed by atoms with E-state index in [1.54, 1.807) is 24.3 Å². The molecule has 0 unspecified atom stereocenters. The van der Waals surface area contributed by atoms with Crippen molar-refractivity contribution in [2.75, 3.05) is 25.0 Å². The highest BCUT2D eigenvalue weighted by Gasteiger charge is 2.51. The van der Waals surface area contributed by atoms with Crippen LogP contribution in [0.5, 0.6) is 0 Å². The van der Waals surface area contributed by atoms with E-state index in [0.717, 1.165) is 0 Å². The lowest BCUT2D eigenvalue weighted by atomic mass is 9.67. The molecule has 41 heavy (non-hydrogen) atoms. The van der Waals surface area contributed by atoms with E-state index in [1.807, 2.05) is 0 Å². The van der Waals surface area contributed by atoms with Crippen molar-refractivity contribution in [3.05, 3.63) is 42.0 Å². The van der Waals surface area contributed by atoms with E-state index in [4.69, 9.17) is 5.73 Å². The Balaban J connectivity index is 1.52. The van der Waals surface area contributed by atoms with Crippen LogP contribution in [0.25, 0.3) is 0 Å². The van der Waals surface area contributed by atoms with E-state index in [0.29, 0.717) is 69.3 Å². The van der Waals surface area contributed by atoms with Crippen LogP contribution in [0.4, 0.5) is 10.5 Å². The number of hydrogen-bond acceptors (Lipinski definition) is 7. The summed E-state index contributed by atoms with van der Waals surface area (Å²) in [7, 11) is 0. The van der Waals surface area contributed by atoms with Crippen LogP contribution in [0.15, 0.2) is 36.4 Å². The Labute approximate surface area is 238 Å². The molecular weight excluding hydrogens is 532 g/mol. The summed E-state index contributed by atoms with van der Waals surface area (Å²) < 4.78 is 0. The van der Waals surface area contributed by atoms with Crippen molar-refractivity contribution in [2.24, 2.45) is 11.1 Å². The summed E-state index contributed by atoms with van der Waals surface area (Å²) in [5.74, 6) is -2.05. The molecule has 13 heteroatoms. The van der Waals surface area contributed by atoms with Gasteiger partial charge in [0.25, 0.3) is 11.8 Å². The lowest BCUT2D eigenvalue weighted by molar-refractivity contribution is -0.151. The number of nitrogens with zero attached hydrogens (tertiary/aromatic N) is 1.